The zero-order valence-corrected chi connectivity index (χ0v) is 16.4. The number of hydrogen-bond acceptors (Lipinski definition) is 6. The molecule has 1 amide bonds. The molecule has 29 heavy (non-hydrogen) atoms. The fraction of sp³-hybridized carbons (Fsp3) is 0.190. The minimum absolute atomic E-state index is 0.00523. The average Bonchev–Trinajstić information content (AvgIpc) is 3.50. The van der Waals surface area contributed by atoms with Gasteiger partial charge in [-0.3, -0.25) is 4.79 Å². The van der Waals surface area contributed by atoms with Crippen LogP contribution in [0.1, 0.15) is 19.8 Å². The van der Waals surface area contributed by atoms with Gasteiger partial charge in [0.15, 0.2) is 5.82 Å². The normalized spacial score (nSPS) is 16.8. The van der Waals surface area contributed by atoms with Crippen LogP contribution in [0.25, 0.3) is 11.3 Å². The third kappa shape index (κ3) is 3.13. The van der Waals surface area contributed by atoms with Crippen LogP contribution in [-0.4, -0.2) is 26.6 Å². The average molecular weight is 405 g/mol. The van der Waals surface area contributed by atoms with Crippen molar-refractivity contribution < 1.29 is 4.79 Å². The minimum Gasteiger partial charge on any atom is -0.324 e. The van der Waals surface area contributed by atoms with Gasteiger partial charge in [-0.2, -0.15) is 10.1 Å². The Labute approximate surface area is 172 Å². The SMILES string of the molecule is CC1=NN(c2cc(-c3ccnc(Nc4cccc(Cl)c4)n3)ccn2)C(=O)C12CC2. The molecule has 8 heteroatoms. The monoisotopic (exact) mass is 404 g/mol. The van der Waals surface area contributed by atoms with E-state index in [1.165, 1.54) is 5.01 Å². The molecule has 0 radical (unpaired) electrons. The number of nitrogens with one attached hydrogen (secondary N) is 1. The first-order valence-corrected chi connectivity index (χ1v) is 9.65. The molecular weight excluding hydrogens is 388 g/mol. The fourth-order valence-electron chi connectivity index (χ4n) is 3.47. The molecule has 0 atom stereocenters. The summed E-state index contributed by atoms with van der Waals surface area (Å²) in [6, 6.07) is 12.8. The maximum atomic E-state index is 12.8. The van der Waals surface area contributed by atoms with E-state index in [1.54, 1.807) is 24.5 Å². The lowest BCUT2D eigenvalue weighted by Gasteiger charge is -2.13. The second-order valence-electron chi connectivity index (χ2n) is 7.19. The van der Waals surface area contributed by atoms with Gasteiger partial charge in [-0.1, -0.05) is 17.7 Å². The van der Waals surface area contributed by atoms with E-state index in [2.05, 4.69) is 25.4 Å². The molecule has 1 fully saturated rings. The zero-order valence-electron chi connectivity index (χ0n) is 15.6. The van der Waals surface area contributed by atoms with Crippen molar-refractivity contribution in [3.63, 3.8) is 0 Å². The summed E-state index contributed by atoms with van der Waals surface area (Å²) in [5.74, 6) is 0.954. The van der Waals surface area contributed by atoms with Crippen molar-refractivity contribution in [2.24, 2.45) is 10.5 Å². The molecule has 5 rings (SSSR count). The van der Waals surface area contributed by atoms with Crippen molar-refractivity contribution in [2.45, 2.75) is 19.8 Å². The molecule has 1 saturated carbocycles. The van der Waals surface area contributed by atoms with Crippen LogP contribution in [0, 0.1) is 5.41 Å². The Kier molecular flexibility index (Phi) is 4.06. The van der Waals surface area contributed by atoms with Crippen molar-refractivity contribution in [2.75, 3.05) is 10.3 Å². The number of anilines is 3. The predicted molar refractivity (Wildman–Crippen MR) is 112 cm³/mol. The van der Waals surface area contributed by atoms with Crippen molar-refractivity contribution in [3.05, 3.63) is 59.9 Å². The first kappa shape index (κ1) is 17.8. The highest BCUT2D eigenvalue weighted by Gasteiger charge is 2.58. The largest absolute Gasteiger partial charge is 0.324 e. The standard InChI is InChI=1S/C21H17ClN6O/c1-13-21(7-8-21)19(29)28(27-13)18-11-14(5-9-23-18)17-6-10-24-20(26-17)25-16-4-2-3-15(22)12-16/h2-6,9-12H,7-8H2,1H3,(H,24,25,26). The molecule has 144 valence electrons. The molecule has 3 heterocycles. The number of hydrogen-bond donors (Lipinski definition) is 1. The molecule has 0 saturated heterocycles. The number of nitrogens with zero attached hydrogens (tertiary/aromatic N) is 5. The van der Waals surface area contributed by atoms with Crippen LogP contribution in [0.5, 0.6) is 0 Å². The Morgan fingerprint density at radius 1 is 1.10 bits per heavy atom. The molecule has 0 bridgehead atoms. The minimum atomic E-state index is -0.388. The van der Waals surface area contributed by atoms with Crippen LogP contribution < -0.4 is 10.3 Å². The molecule has 1 aliphatic carbocycles. The summed E-state index contributed by atoms with van der Waals surface area (Å²) in [4.78, 5) is 26.0. The van der Waals surface area contributed by atoms with E-state index < -0.39 is 0 Å². The first-order valence-electron chi connectivity index (χ1n) is 9.27. The van der Waals surface area contributed by atoms with E-state index in [9.17, 15) is 4.79 Å². The second-order valence-corrected chi connectivity index (χ2v) is 7.62. The number of carbonyl (C=O) groups is 1. The van der Waals surface area contributed by atoms with Gasteiger partial charge in [0.05, 0.1) is 16.8 Å². The molecule has 1 spiro atoms. The van der Waals surface area contributed by atoms with Gasteiger partial charge in [0.25, 0.3) is 5.91 Å². The summed E-state index contributed by atoms with van der Waals surface area (Å²) in [5.41, 5.74) is 2.81. The molecule has 1 aromatic carbocycles. The van der Waals surface area contributed by atoms with Crippen molar-refractivity contribution in [1.82, 2.24) is 15.0 Å². The van der Waals surface area contributed by atoms with Crippen molar-refractivity contribution in [3.8, 4) is 11.3 Å². The van der Waals surface area contributed by atoms with Crippen LogP contribution in [0.15, 0.2) is 60.0 Å². The maximum absolute atomic E-state index is 12.8. The summed E-state index contributed by atoms with van der Waals surface area (Å²) < 4.78 is 0. The number of benzene rings is 1. The molecule has 7 nitrogen and oxygen atoms in total. The quantitative estimate of drug-likeness (QED) is 0.695. The van der Waals surface area contributed by atoms with Crippen LogP contribution in [-0.2, 0) is 4.79 Å². The number of halogens is 1. The van der Waals surface area contributed by atoms with Gasteiger partial charge in [-0.25, -0.2) is 15.0 Å². The topological polar surface area (TPSA) is 83.4 Å². The van der Waals surface area contributed by atoms with Gasteiger partial charge in [0.2, 0.25) is 5.95 Å². The highest BCUT2D eigenvalue weighted by molar-refractivity contribution is 6.30. The first-order chi connectivity index (χ1) is 14.0. The lowest BCUT2D eigenvalue weighted by molar-refractivity contribution is -0.120. The number of carbonyl (C=O) groups excluding carboxylic acids is 1. The molecular formula is C21H17ClN6O. The number of aromatic nitrogens is 3. The summed E-state index contributed by atoms with van der Waals surface area (Å²) in [7, 11) is 0. The third-order valence-corrected chi connectivity index (χ3v) is 5.52. The maximum Gasteiger partial charge on any atom is 0.260 e. The summed E-state index contributed by atoms with van der Waals surface area (Å²) in [5, 5.41) is 9.64. The summed E-state index contributed by atoms with van der Waals surface area (Å²) >= 11 is 6.03. The Morgan fingerprint density at radius 2 is 1.93 bits per heavy atom. The van der Waals surface area contributed by atoms with Gasteiger partial charge in [-0.05, 0) is 56.2 Å². The Morgan fingerprint density at radius 3 is 2.69 bits per heavy atom. The van der Waals surface area contributed by atoms with Gasteiger partial charge in [0, 0.05) is 28.7 Å². The van der Waals surface area contributed by atoms with E-state index in [1.807, 2.05) is 37.3 Å². The smallest absolute Gasteiger partial charge is 0.260 e. The van der Waals surface area contributed by atoms with Gasteiger partial charge in [0.1, 0.15) is 0 Å². The van der Waals surface area contributed by atoms with E-state index in [4.69, 9.17) is 11.6 Å². The van der Waals surface area contributed by atoms with Gasteiger partial charge < -0.3 is 5.32 Å². The number of rotatable bonds is 4. The molecule has 2 aliphatic rings. The highest BCUT2D eigenvalue weighted by Crippen LogP contribution is 2.52. The van der Waals surface area contributed by atoms with Crippen molar-refractivity contribution in [1.29, 1.82) is 0 Å². The highest BCUT2D eigenvalue weighted by atomic mass is 35.5. The van der Waals surface area contributed by atoms with E-state index in [-0.39, 0.29) is 11.3 Å². The van der Waals surface area contributed by atoms with E-state index in [0.29, 0.717) is 22.5 Å². The predicted octanol–water partition coefficient (Wildman–Crippen LogP) is 4.44. The van der Waals surface area contributed by atoms with Crippen LogP contribution in [0.2, 0.25) is 5.02 Å². The van der Waals surface area contributed by atoms with Gasteiger partial charge >= 0.3 is 0 Å². The fourth-order valence-corrected chi connectivity index (χ4v) is 3.66. The lowest BCUT2D eigenvalue weighted by atomic mass is 10.0. The Bertz CT molecular complexity index is 1160. The zero-order chi connectivity index (χ0) is 20.0. The van der Waals surface area contributed by atoms with Crippen LogP contribution >= 0.6 is 11.6 Å². The third-order valence-electron chi connectivity index (χ3n) is 5.29. The van der Waals surface area contributed by atoms with Gasteiger partial charge in [-0.15, -0.1) is 0 Å². The number of amides is 1. The van der Waals surface area contributed by atoms with Crippen LogP contribution in [0.3, 0.4) is 0 Å². The Hall–Kier alpha value is -3.32. The van der Waals surface area contributed by atoms with E-state index >= 15 is 0 Å². The second kappa shape index (κ2) is 6.63. The summed E-state index contributed by atoms with van der Waals surface area (Å²) in [6.45, 7) is 1.91. The number of pyridine rings is 1. The summed E-state index contributed by atoms with van der Waals surface area (Å²) in [6.07, 6.45) is 5.06. The lowest BCUT2D eigenvalue weighted by Crippen LogP contribution is -2.28. The Balaban J connectivity index is 1.43. The van der Waals surface area contributed by atoms with Crippen molar-refractivity contribution >= 4 is 40.7 Å². The molecule has 0 unspecified atom stereocenters. The van der Waals surface area contributed by atoms with E-state index in [0.717, 1.165) is 29.8 Å². The number of hydrazone groups is 1. The van der Waals surface area contributed by atoms with Crippen LogP contribution in [0.4, 0.5) is 17.5 Å². The molecule has 3 aromatic rings. The molecule has 1 N–H and O–H groups in total. The molecule has 1 aliphatic heterocycles. The molecule has 2 aromatic heterocycles.